The van der Waals surface area contributed by atoms with E-state index in [0.717, 1.165) is 25.3 Å². The smallest absolute Gasteiger partial charge is 0.0434 e. The molecule has 1 aromatic carbocycles. The van der Waals surface area contributed by atoms with Gasteiger partial charge in [0.05, 0.1) is 0 Å². The number of aliphatic hydroxyl groups is 1. The van der Waals surface area contributed by atoms with E-state index < -0.39 is 0 Å². The van der Waals surface area contributed by atoms with Gasteiger partial charge >= 0.3 is 0 Å². The Hall–Kier alpha value is -0.860. The van der Waals surface area contributed by atoms with Crippen LogP contribution in [0, 0.1) is 18.8 Å². The Labute approximate surface area is 117 Å². The van der Waals surface area contributed by atoms with Gasteiger partial charge < -0.3 is 10.4 Å². The van der Waals surface area contributed by atoms with Crippen LogP contribution in [0.5, 0.6) is 0 Å². The standard InChI is InChI=1S/C17H27NO/c1-13-3-5-15(6-4-13)11-17(16-7-8-16)18-12-14(2)9-10-19/h3-6,14,16-19H,7-12H2,1-2H3. The molecule has 0 saturated heterocycles. The maximum Gasteiger partial charge on any atom is 0.0434 e. The van der Waals surface area contributed by atoms with Gasteiger partial charge in [0, 0.05) is 12.6 Å². The quantitative estimate of drug-likeness (QED) is 0.754. The van der Waals surface area contributed by atoms with Crippen molar-refractivity contribution in [2.24, 2.45) is 11.8 Å². The molecule has 2 heteroatoms. The molecule has 0 bridgehead atoms. The van der Waals surface area contributed by atoms with Crippen molar-refractivity contribution in [3.8, 4) is 0 Å². The van der Waals surface area contributed by atoms with E-state index in [2.05, 4.69) is 43.4 Å². The summed E-state index contributed by atoms with van der Waals surface area (Å²) in [4.78, 5) is 0. The van der Waals surface area contributed by atoms with Crippen molar-refractivity contribution < 1.29 is 5.11 Å². The highest BCUT2D eigenvalue weighted by atomic mass is 16.3. The Balaban J connectivity index is 1.84. The average molecular weight is 261 g/mol. The molecule has 0 radical (unpaired) electrons. The highest BCUT2D eigenvalue weighted by Crippen LogP contribution is 2.34. The van der Waals surface area contributed by atoms with E-state index in [0.29, 0.717) is 18.6 Å². The lowest BCUT2D eigenvalue weighted by atomic mass is 10.00. The van der Waals surface area contributed by atoms with E-state index in [1.165, 1.54) is 24.0 Å². The number of benzene rings is 1. The molecule has 2 unspecified atom stereocenters. The summed E-state index contributed by atoms with van der Waals surface area (Å²) >= 11 is 0. The van der Waals surface area contributed by atoms with Crippen molar-refractivity contribution in [1.29, 1.82) is 0 Å². The maximum absolute atomic E-state index is 8.96. The van der Waals surface area contributed by atoms with Crippen molar-refractivity contribution in [3.05, 3.63) is 35.4 Å². The first kappa shape index (κ1) is 14.5. The van der Waals surface area contributed by atoms with Crippen molar-refractivity contribution >= 4 is 0 Å². The zero-order chi connectivity index (χ0) is 13.7. The lowest BCUT2D eigenvalue weighted by molar-refractivity contribution is 0.256. The van der Waals surface area contributed by atoms with Gasteiger partial charge in [0.15, 0.2) is 0 Å². The largest absolute Gasteiger partial charge is 0.396 e. The molecule has 2 atom stereocenters. The van der Waals surface area contributed by atoms with E-state index >= 15 is 0 Å². The molecule has 2 N–H and O–H groups in total. The van der Waals surface area contributed by atoms with Crippen molar-refractivity contribution in [2.45, 2.75) is 45.6 Å². The van der Waals surface area contributed by atoms with Gasteiger partial charge in [-0.15, -0.1) is 0 Å². The fourth-order valence-electron chi connectivity index (χ4n) is 2.56. The van der Waals surface area contributed by atoms with Crippen LogP contribution < -0.4 is 5.32 Å². The molecule has 1 aromatic rings. The molecular formula is C17H27NO. The number of nitrogens with one attached hydrogen (secondary N) is 1. The molecule has 0 spiro atoms. The molecule has 0 aliphatic heterocycles. The second-order valence-electron chi connectivity index (χ2n) is 6.16. The number of aliphatic hydroxyl groups excluding tert-OH is 1. The van der Waals surface area contributed by atoms with E-state index in [-0.39, 0.29) is 0 Å². The van der Waals surface area contributed by atoms with Crippen LogP contribution in [-0.4, -0.2) is 24.3 Å². The third kappa shape index (κ3) is 4.96. The molecule has 1 aliphatic rings. The van der Waals surface area contributed by atoms with Crippen molar-refractivity contribution in [1.82, 2.24) is 5.32 Å². The van der Waals surface area contributed by atoms with Gasteiger partial charge in [-0.05, 0) is 56.6 Å². The van der Waals surface area contributed by atoms with E-state index in [4.69, 9.17) is 5.11 Å². The summed E-state index contributed by atoms with van der Waals surface area (Å²) in [6.45, 7) is 5.67. The van der Waals surface area contributed by atoms with Gasteiger partial charge in [-0.25, -0.2) is 0 Å². The predicted molar refractivity (Wildman–Crippen MR) is 80.3 cm³/mol. The number of hydrogen-bond acceptors (Lipinski definition) is 2. The van der Waals surface area contributed by atoms with Crippen LogP contribution in [0.3, 0.4) is 0 Å². The van der Waals surface area contributed by atoms with Crippen LogP contribution >= 0.6 is 0 Å². The van der Waals surface area contributed by atoms with Crippen LogP contribution in [0.4, 0.5) is 0 Å². The first-order chi connectivity index (χ1) is 9.19. The number of hydrogen-bond donors (Lipinski definition) is 2. The number of rotatable bonds is 8. The summed E-state index contributed by atoms with van der Waals surface area (Å²) in [7, 11) is 0. The Kier molecular flexibility index (Phi) is 5.41. The minimum absolute atomic E-state index is 0.301. The predicted octanol–water partition coefficient (Wildman–Crippen LogP) is 2.92. The molecule has 19 heavy (non-hydrogen) atoms. The third-order valence-electron chi connectivity index (χ3n) is 4.12. The fraction of sp³-hybridized carbons (Fsp3) is 0.647. The summed E-state index contributed by atoms with van der Waals surface area (Å²) in [6, 6.07) is 9.53. The minimum atomic E-state index is 0.301. The summed E-state index contributed by atoms with van der Waals surface area (Å²) < 4.78 is 0. The molecule has 0 amide bonds. The molecule has 0 aromatic heterocycles. The lowest BCUT2D eigenvalue weighted by Crippen LogP contribution is -2.36. The molecule has 0 heterocycles. The van der Waals surface area contributed by atoms with Crippen LogP contribution in [0.25, 0.3) is 0 Å². The lowest BCUT2D eigenvalue weighted by Gasteiger charge is -2.21. The van der Waals surface area contributed by atoms with E-state index in [1.54, 1.807) is 0 Å². The molecular weight excluding hydrogens is 234 g/mol. The number of aryl methyl sites for hydroxylation is 1. The molecule has 1 saturated carbocycles. The molecule has 1 aliphatic carbocycles. The summed E-state index contributed by atoms with van der Waals surface area (Å²) in [5.74, 6) is 1.42. The second-order valence-corrected chi connectivity index (χ2v) is 6.16. The van der Waals surface area contributed by atoms with Gasteiger partial charge in [0.1, 0.15) is 0 Å². The van der Waals surface area contributed by atoms with Crippen LogP contribution in [0.1, 0.15) is 37.3 Å². The van der Waals surface area contributed by atoms with Gasteiger partial charge in [0.25, 0.3) is 0 Å². The summed E-state index contributed by atoms with van der Waals surface area (Å²) in [6.07, 6.45) is 4.78. The first-order valence-corrected chi connectivity index (χ1v) is 7.59. The molecule has 1 fully saturated rings. The van der Waals surface area contributed by atoms with Gasteiger partial charge in [0.2, 0.25) is 0 Å². The van der Waals surface area contributed by atoms with Gasteiger partial charge in [-0.1, -0.05) is 36.8 Å². The van der Waals surface area contributed by atoms with Crippen molar-refractivity contribution in [3.63, 3.8) is 0 Å². The third-order valence-corrected chi connectivity index (χ3v) is 4.12. The Bertz CT molecular complexity index is 369. The average Bonchev–Trinajstić information content (AvgIpc) is 3.21. The second kappa shape index (κ2) is 7.06. The zero-order valence-corrected chi connectivity index (χ0v) is 12.2. The Morgan fingerprint density at radius 3 is 2.53 bits per heavy atom. The zero-order valence-electron chi connectivity index (χ0n) is 12.2. The highest BCUT2D eigenvalue weighted by Gasteiger charge is 2.30. The topological polar surface area (TPSA) is 32.3 Å². The van der Waals surface area contributed by atoms with Crippen LogP contribution in [0.2, 0.25) is 0 Å². The minimum Gasteiger partial charge on any atom is -0.396 e. The normalized spacial score (nSPS) is 18.3. The summed E-state index contributed by atoms with van der Waals surface area (Å²) in [5.41, 5.74) is 2.76. The molecule has 2 rings (SSSR count). The Morgan fingerprint density at radius 2 is 1.95 bits per heavy atom. The SMILES string of the molecule is Cc1ccc(CC(NCC(C)CCO)C2CC2)cc1. The first-order valence-electron chi connectivity index (χ1n) is 7.59. The van der Waals surface area contributed by atoms with Gasteiger partial charge in [-0.2, -0.15) is 0 Å². The highest BCUT2D eigenvalue weighted by molar-refractivity contribution is 5.22. The van der Waals surface area contributed by atoms with E-state index in [1.807, 2.05) is 0 Å². The fourth-order valence-corrected chi connectivity index (χ4v) is 2.56. The van der Waals surface area contributed by atoms with Crippen molar-refractivity contribution in [2.75, 3.05) is 13.2 Å². The molecule has 106 valence electrons. The van der Waals surface area contributed by atoms with E-state index in [9.17, 15) is 0 Å². The Morgan fingerprint density at radius 1 is 1.26 bits per heavy atom. The summed E-state index contributed by atoms with van der Waals surface area (Å²) in [5, 5.41) is 12.7. The van der Waals surface area contributed by atoms with Crippen LogP contribution in [-0.2, 0) is 6.42 Å². The van der Waals surface area contributed by atoms with Gasteiger partial charge in [-0.3, -0.25) is 0 Å². The maximum atomic E-state index is 8.96. The monoisotopic (exact) mass is 261 g/mol. The van der Waals surface area contributed by atoms with Crippen LogP contribution in [0.15, 0.2) is 24.3 Å². The molecule has 2 nitrogen and oxygen atoms in total.